The lowest BCUT2D eigenvalue weighted by Gasteiger charge is -2.24. The zero-order valence-corrected chi connectivity index (χ0v) is 6.84. The van der Waals surface area contributed by atoms with Crippen LogP contribution in [0.25, 0.3) is 0 Å². The van der Waals surface area contributed by atoms with Gasteiger partial charge < -0.3 is 0 Å². The minimum Gasteiger partial charge on any atom is -0.227 e. The maximum Gasteiger partial charge on any atom is 0.0304 e. The molecule has 1 aliphatic rings. The normalized spacial score (nSPS) is 21.3. The van der Waals surface area contributed by atoms with Gasteiger partial charge in [-0.15, -0.1) is 0 Å². The van der Waals surface area contributed by atoms with E-state index >= 15 is 0 Å². The fraction of sp³-hybridized carbons (Fsp3) is 1.00. The van der Waals surface area contributed by atoms with Crippen LogP contribution in [-0.2, 0) is 0 Å². The van der Waals surface area contributed by atoms with Crippen LogP contribution in [0.5, 0.6) is 0 Å². The van der Waals surface area contributed by atoms with Crippen LogP contribution in [0.4, 0.5) is 0 Å². The molecule has 0 saturated carbocycles. The molecule has 0 aromatic rings. The van der Waals surface area contributed by atoms with E-state index in [0.29, 0.717) is 0 Å². The van der Waals surface area contributed by atoms with Crippen molar-refractivity contribution in [2.75, 3.05) is 19.6 Å². The molecule has 1 heterocycles. The minimum atomic E-state index is 1.01. The van der Waals surface area contributed by atoms with E-state index in [0.717, 1.165) is 6.54 Å². The lowest BCUT2D eigenvalue weighted by atomic mass is 10.2. The van der Waals surface area contributed by atoms with Crippen molar-refractivity contribution >= 4 is 0 Å². The molecule has 0 amide bonds. The molecule has 0 bridgehead atoms. The van der Waals surface area contributed by atoms with E-state index in [1.807, 2.05) is 0 Å². The number of hydrogen-bond acceptors (Lipinski definition) is 1. The van der Waals surface area contributed by atoms with Gasteiger partial charge in [0.1, 0.15) is 0 Å². The Morgan fingerprint density at radius 3 is 2.50 bits per heavy atom. The maximum atomic E-state index is 4.44. The van der Waals surface area contributed by atoms with Gasteiger partial charge in [-0.2, -0.15) is 5.43 Å². The number of nitrogens with zero attached hydrogens (tertiary/aromatic N) is 2. The predicted molar refractivity (Wildman–Crippen MR) is 42.7 cm³/mol. The Morgan fingerprint density at radius 1 is 1.20 bits per heavy atom. The monoisotopic (exact) mass is 141 g/mol. The van der Waals surface area contributed by atoms with Gasteiger partial charge in [-0.3, -0.25) is 0 Å². The SMILES string of the molecule is CCC[N]N1CCCCC1. The van der Waals surface area contributed by atoms with Crippen LogP contribution >= 0.6 is 0 Å². The van der Waals surface area contributed by atoms with Crippen molar-refractivity contribution in [3.63, 3.8) is 0 Å². The lowest BCUT2D eigenvalue weighted by Crippen LogP contribution is -2.36. The summed E-state index contributed by atoms with van der Waals surface area (Å²) in [5, 5.41) is 2.23. The second-order valence-corrected chi connectivity index (χ2v) is 2.88. The third-order valence-corrected chi connectivity index (χ3v) is 1.86. The zero-order chi connectivity index (χ0) is 7.23. The van der Waals surface area contributed by atoms with Gasteiger partial charge >= 0.3 is 0 Å². The Labute approximate surface area is 63.6 Å². The third-order valence-electron chi connectivity index (χ3n) is 1.86. The summed E-state index contributed by atoms with van der Waals surface area (Å²) < 4.78 is 0. The molecule has 0 N–H and O–H groups in total. The Balaban J connectivity index is 2.02. The van der Waals surface area contributed by atoms with Crippen LogP contribution in [0.3, 0.4) is 0 Å². The Bertz CT molecular complexity index is 77.3. The van der Waals surface area contributed by atoms with Crippen molar-refractivity contribution < 1.29 is 0 Å². The van der Waals surface area contributed by atoms with Gasteiger partial charge in [0.05, 0.1) is 0 Å². The first-order valence-electron chi connectivity index (χ1n) is 4.36. The number of hydrogen-bond donors (Lipinski definition) is 0. The number of piperidine rings is 1. The molecule has 10 heavy (non-hydrogen) atoms. The molecule has 0 spiro atoms. The smallest absolute Gasteiger partial charge is 0.0304 e. The van der Waals surface area contributed by atoms with E-state index < -0.39 is 0 Å². The molecule has 59 valence electrons. The van der Waals surface area contributed by atoms with Gasteiger partial charge in [0, 0.05) is 19.6 Å². The first-order chi connectivity index (χ1) is 4.93. The highest BCUT2D eigenvalue weighted by Gasteiger charge is 2.08. The van der Waals surface area contributed by atoms with Gasteiger partial charge in [0.15, 0.2) is 0 Å². The summed E-state index contributed by atoms with van der Waals surface area (Å²) in [6, 6.07) is 0. The lowest BCUT2D eigenvalue weighted by molar-refractivity contribution is 0.148. The molecular weight excluding hydrogens is 124 g/mol. The van der Waals surface area contributed by atoms with Gasteiger partial charge in [0.25, 0.3) is 0 Å². The second-order valence-electron chi connectivity index (χ2n) is 2.88. The minimum absolute atomic E-state index is 1.01. The second kappa shape index (κ2) is 4.69. The number of rotatable bonds is 3. The van der Waals surface area contributed by atoms with Crippen LogP contribution < -0.4 is 5.43 Å². The van der Waals surface area contributed by atoms with Crippen LogP contribution in [0.1, 0.15) is 32.6 Å². The molecule has 2 heteroatoms. The van der Waals surface area contributed by atoms with Gasteiger partial charge in [-0.25, -0.2) is 5.01 Å². The van der Waals surface area contributed by atoms with Crippen molar-refractivity contribution in [1.29, 1.82) is 0 Å². The summed E-state index contributed by atoms with van der Waals surface area (Å²) in [6.07, 6.45) is 5.26. The van der Waals surface area contributed by atoms with E-state index in [4.69, 9.17) is 0 Å². The van der Waals surface area contributed by atoms with Crippen LogP contribution in [0.2, 0.25) is 0 Å². The van der Waals surface area contributed by atoms with Crippen molar-refractivity contribution in [3.8, 4) is 0 Å². The molecule has 0 aromatic heterocycles. The van der Waals surface area contributed by atoms with Crippen molar-refractivity contribution in [2.45, 2.75) is 32.6 Å². The largest absolute Gasteiger partial charge is 0.227 e. The maximum absolute atomic E-state index is 4.44. The summed E-state index contributed by atoms with van der Waals surface area (Å²) in [4.78, 5) is 0. The average Bonchev–Trinajstić information content (AvgIpc) is 2.03. The van der Waals surface area contributed by atoms with E-state index in [9.17, 15) is 0 Å². The highest BCUT2D eigenvalue weighted by Crippen LogP contribution is 2.06. The fourth-order valence-corrected chi connectivity index (χ4v) is 1.26. The molecule has 1 fully saturated rings. The molecule has 1 radical (unpaired) electrons. The summed E-state index contributed by atoms with van der Waals surface area (Å²) in [5.74, 6) is 0. The van der Waals surface area contributed by atoms with Crippen molar-refractivity contribution in [2.24, 2.45) is 0 Å². The molecule has 2 nitrogen and oxygen atoms in total. The molecule has 1 aliphatic heterocycles. The molecule has 1 saturated heterocycles. The first kappa shape index (κ1) is 8.02. The van der Waals surface area contributed by atoms with Crippen LogP contribution in [0.15, 0.2) is 0 Å². The molecule has 0 atom stereocenters. The van der Waals surface area contributed by atoms with Crippen LogP contribution in [0, 0.1) is 0 Å². The Morgan fingerprint density at radius 2 is 1.90 bits per heavy atom. The molecule has 0 aromatic carbocycles. The highest BCUT2D eigenvalue weighted by molar-refractivity contribution is 4.59. The molecular formula is C8H17N2. The van der Waals surface area contributed by atoms with E-state index in [1.165, 1.54) is 38.8 Å². The molecule has 0 unspecified atom stereocenters. The van der Waals surface area contributed by atoms with Gasteiger partial charge in [0.2, 0.25) is 0 Å². The topological polar surface area (TPSA) is 17.3 Å². The first-order valence-corrected chi connectivity index (χ1v) is 4.36. The Hall–Kier alpha value is -0.0800. The van der Waals surface area contributed by atoms with Gasteiger partial charge in [-0.05, 0) is 19.3 Å². The summed E-state index contributed by atoms with van der Waals surface area (Å²) in [5.41, 5.74) is 4.44. The standard InChI is InChI=1S/C8H17N2/c1-2-6-9-10-7-4-3-5-8-10/h2-8H2,1H3. The predicted octanol–water partition coefficient (Wildman–Crippen LogP) is 1.40. The van der Waals surface area contributed by atoms with E-state index in [2.05, 4.69) is 17.4 Å². The van der Waals surface area contributed by atoms with E-state index in [-0.39, 0.29) is 0 Å². The molecule has 0 aliphatic carbocycles. The Kier molecular flexibility index (Phi) is 3.76. The highest BCUT2D eigenvalue weighted by atomic mass is 15.5. The summed E-state index contributed by atoms with van der Waals surface area (Å²) in [6.45, 7) is 5.58. The van der Waals surface area contributed by atoms with E-state index in [1.54, 1.807) is 0 Å². The average molecular weight is 141 g/mol. The quantitative estimate of drug-likeness (QED) is 0.580. The summed E-state index contributed by atoms with van der Waals surface area (Å²) in [7, 11) is 0. The van der Waals surface area contributed by atoms with Crippen molar-refractivity contribution in [3.05, 3.63) is 0 Å². The summed E-state index contributed by atoms with van der Waals surface area (Å²) >= 11 is 0. The van der Waals surface area contributed by atoms with Crippen LogP contribution in [-0.4, -0.2) is 24.6 Å². The fourth-order valence-electron chi connectivity index (χ4n) is 1.26. The third kappa shape index (κ3) is 2.67. The zero-order valence-electron chi connectivity index (χ0n) is 6.84. The van der Waals surface area contributed by atoms with Crippen molar-refractivity contribution in [1.82, 2.24) is 10.4 Å². The molecule has 1 rings (SSSR count). The van der Waals surface area contributed by atoms with Gasteiger partial charge in [-0.1, -0.05) is 13.3 Å².